The summed E-state index contributed by atoms with van der Waals surface area (Å²) in [6, 6.07) is 7.23. The molecule has 0 unspecified atom stereocenters. The van der Waals surface area contributed by atoms with Crippen LogP contribution in [0.5, 0.6) is 0 Å². The molecular weight excluding hydrogens is 314 g/mol. The number of hydrogen-bond acceptors (Lipinski definition) is 2. The first-order chi connectivity index (χ1) is 10.9. The second-order valence-electron chi connectivity index (χ2n) is 4.83. The van der Waals surface area contributed by atoms with Gasteiger partial charge in [-0.1, -0.05) is 24.3 Å². The average Bonchev–Trinajstić information content (AvgIpc) is 2.56. The van der Waals surface area contributed by atoms with Gasteiger partial charge in [-0.05, 0) is 23.6 Å². The molecule has 0 saturated carbocycles. The minimum Gasteiger partial charge on any atom is -0.392 e. The Kier molecular flexibility index (Phi) is 5.33. The zero-order valence-electron chi connectivity index (χ0n) is 11.9. The van der Waals surface area contributed by atoms with Gasteiger partial charge in [0.2, 0.25) is 0 Å². The summed E-state index contributed by atoms with van der Waals surface area (Å²) in [5, 5.41) is 11.2. The molecule has 1 amide bonds. The number of carbonyl (C=O) groups excluding carboxylic acids is 1. The Morgan fingerprint density at radius 1 is 0.957 bits per heavy atom. The number of benzene rings is 2. The number of aliphatic hydroxyl groups is 1. The zero-order chi connectivity index (χ0) is 17.0. The molecule has 2 rings (SSSR count). The topological polar surface area (TPSA) is 49.3 Å². The van der Waals surface area contributed by atoms with Gasteiger partial charge >= 0.3 is 0 Å². The highest BCUT2D eigenvalue weighted by molar-refractivity contribution is 5.94. The Bertz CT molecular complexity index is 717. The van der Waals surface area contributed by atoms with Crippen LogP contribution < -0.4 is 5.32 Å². The van der Waals surface area contributed by atoms with Crippen LogP contribution in [0.25, 0.3) is 0 Å². The third kappa shape index (κ3) is 3.87. The number of hydrogen-bond donors (Lipinski definition) is 2. The van der Waals surface area contributed by atoms with Gasteiger partial charge in [-0.2, -0.15) is 0 Å². The predicted octanol–water partition coefficient (Wildman–Crippen LogP) is 2.71. The van der Waals surface area contributed by atoms with E-state index in [2.05, 4.69) is 5.32 Å². The van der Waals surface area contributed by atoms with Crippen molar-refractivity contribution in [3.05, 3.63) is 70.3 Å². The molecule has 0 radical (unpaired) electrons. The lowest BCUT2D eigenvalue weighted by Gasteiger charge is -2.08. The number of nitrogens with one attached hydrogen (secondary N) is 1. The molecule has 0 aromatic heterocycles. The van der Waals surface area contributed by atoms with Crippen molar-refractivity contribution in [3.8, 4) is 0 Å². The van der Waals surface area contributed by atoms with Crippen molar-refractivity contribution in [3.63, 3.8) is 0 Å². The molecule has 0 aliphatic heterocycles. The maximum Gasteiger partial charge on any atom is 0.254 e. The van der Waals surface area contributed by atoms with Gasteiger partial charge in [0, 0.05) is 6.54 Å². The second-order valence-corrected chi connectivity index (χ2v) is 4.83. The van der Waals surface area contributed by atoms with Gasteiger partial charge in [-0.25, -0.2) is 17.6 Å². The van der Waals surface area contributed by atoms with E-state index in [1.54, 1.807) is 24.3 Å². The normalized spacial score (nSPS) is 10.7. The summed E-state index contributed by atoms with van der Waals surface area (Å²) in [6.07, 6.45) is 0.394. The highest BCUT2D eigenvalue weighted by Gasteiger charge is 2.22. The van der Waals surface area contributed by atoms with E-state index in [-0.39, 0.29) is 13.2 Å². The van der Waals surface area contributed by atoms with Gasteiger partial charge < -0.3 is 10.4 Å². The zero-order valence-corrected chi connectivity index (χ0v) is 11.9. The van der Waals surface area contributed by atoms with Crippen LogP contribution in [-0.4, -0.2) is 17.6 Å². The van der Waals surface area contributed by atoms with E-state index in [4.69, 9.17) is 5.11 Å². The molecule has 0 atom stereocenters. The maximum atomic E-state index is 13.5. The Labute approximate surface area is 129 Å². The predicted molar refractivity (Wildman–Crippen MR) is 74.7 cm³/mol. The van der Waals surface area contributed by atoms with Gasteiger partial charge in [0.15, 0.2) is 23.3 Å². The molecule has 3 nitrogen and oxygen atoms in total. The second kappa shape index (κ2) is 7.23. The SMILES string of the molecule is O=C(NCCc1ccc(CO)cc1)c1cc(F)c(F)c(F)c1F. The third-order valence-electron chi connectivity index (χ3n) is 3.25. The summed E-state index contributed by atoms with van der Waals surface area (Å²) in [4.78, 5) is 11.7. The molecule has 2 N–H and O–H groups in total. The fourth-order valence-corrected chi connectivity index (χ4v) is 1.97. The molecule has 0 aliphatic rings. The van der Waals surface area contributed by atoms with Crippen LogP contribution in [0, 0.1) is 23.3 Å². The van der Waals surface area contributed by atoms with Crippen LogP contribution in [0.2, 0.25) is 0 Å². The Morgan fingerprint density at radius 2 is 1.57 bits per heavy atom. The van der Waals surface area contributed by atoms with Gasteiger partial charge in [0.1, 0.15) is 0 Å². The van der Waals surface area contributed by atoms with Gasteiger partial charge in [0.25, 0.3) is 5.91 Å². The first-order valence-corrected chi connectivity index (χ1v) is 6.74. The quantitative estimate of drug-likeness (QED) is 0.504. The smallest absolute Gasteiger partial charge is 0.254 e. The Morgan fingerprint density at radius 3 is 2.17 bits per heavy atom. The van der Waals surface area contributed by atoms with E-state index in [0.717, 1.165) is 11.1 Å². The average molecular weight is 327 g/mol. The number of carbonyl (C=O) groups is 1. The minimum absolute atomic E-state index is 0.0853. The highest BCUT2D eigenvalue weighted by Crippen LogP contribution is 2.18. The molecule has 0 fully saturated rings. The van der Waals surface area contributed by atoms with Crippen molar-refractivity contribution >= 4 is 5.91 Å². The lowest BCUT2D eigenvalue weighted by Crippen LogP contribution is -2.27. The summed E-state index contributed by atoms with van der Waals surface area (Å²) >= 11 is 0. The molecule has 122 valence electrons. The highest BCUT2D eigenvalue weighted by atomic mass is 19.2. The number of aliphatic hydroxyl groups excluding tert-OH is 1. The third-order valence-corrected chi connectivity index (χ3v) is 3.25. The largest absolute Gasteiger partial charge is 0.392 e. The molecule has 0 spiro atoms. The fraction of sp³-hybridized carbons (Fsp3) is 0.188. The summed E-state index contributed by atoms with van der Waals surface area (Å²) in [6.45, 7) is 0.00927. The van der Waals surface area contributed by atoms with Gasteiger partial charge in [-0.3, -0.25) is 4.79 Å². The van der Waals surface area contributed by atoms with Crippen LogP contribution >= 0.6 is 0 Å². The van der Waals surface area contributed by atoms with E-state index in [0.29, 0.717) is 12.5 Å². The van der Waals surface area contributed by atoms with Crippen molar-refractivity contribution in [1.82, 2.24) is 5.32 Å². The van der Waals surface area contributed by atoms with E-state index < -0.39 is 34.7 Å². The first kappa shape index (κ1) is 17.0. The van der Waals surface area contributed by atoms with E-state index >= 15 is 0 Å². The Hall–Kier alpha value is -2.41. The molecule has 2 aromatic carbocycles. The molecule has 0 saturated heterocycles. The molecule has 2 aromatic rings. The van der Waals surface area contributed by atoms with Crippen LogP contribution in [0.15, 0.2) is 30.3 Å². The standard InChI is InChI=1S/C16H13F4NO2/c17-12-7-11(13(18)15(20)14(12)19)16(23)21-6-5-9-1-3-10(8-22)4-2-9/h1-4,7,22H,5-6,8H2,(H,21,23). The first-order valence-electron chi connectivity index (χ1n) is 6.74. The van der Waals surface area contributed by atoms with Crippen molar-refractivity contribution < 1.29 is 27.5 Å². The van der Waals surface area contributed by atoms with Crippen LogP contribution in [0.3, 0.4) is 0 Å². The van der Waals surface area contributed by atoms with E-state index in [1.165, 1.54) is 0 Å². The van der Waals surface area contributed by atoms with Crippen molar-refractivity contribution in [2.45, 2.75) is 13.0 Å². The number of amides is 1. The van der Waals surface area contributed by atoms with Crippen LogP contribution in [-0.2, 0) is 13.0 Å². The fourth-order valence-electron chi connectivity index (χ4n) is 1.97. The molecule has 0 aliphatic carbocycles. The lowest BCUT2D eigenvalue weighted by molar-refractivity contribution is 0.0948. The van der Waals surface area contributed by atoms with E-state index in [1.807, 2.05) is 0 Å². The van der Waals surface area contributed by atoms with Crippen molar-refractivity contribution in [1.29, 1.82) is 0 Å². The molecule has 7 heteroatoms. The number of halogens is 4. The summed E-state index contributed by atoms with van der Waals surface area (Å²) in [5.41, 5.74) is 0.689. The van der Waals surface area contributed by atoms with Crippen molar-refractivity contribution in [2.24, 2.45) is 0 Å². The monoisotopic (exact) mass is 327 g/mol. The summed E-state index contributed by atoms with van der Waals surface area (Å²) in [5.74, 6) is -8.37. The van der Waals surface area contributed by atoms with Crippen LogP contribution in [0.1, 0.15) is 21.5 Å². The maximum absolute atomic E-state index is 13.5. The molecule has 0 heterocycles. The van der Waals surface area contributed by atoms with Gasteiger partial charge in [-0.15, -0.1) is 0 Å². The molecule has 23 heavy (non-hydrogen) atoms. The summed E-state index contributed by atoms with van der Waals surface area (Å²) in [7, 11) is 0. The summed E-state index contributed by atoms with van der Waals surface area (Å²) < 4.78 is 52.4. The van der Waals surface area contributed by atoms with Gasteiger partial charge in [0.05, 0.1) is 12.2 Å². The molecular formula is C16H13F4NO2. The van der Waals surface area contributed by atoms with Crippen LogP contribution in [0.4, 0.5) is 17.6 Å². The minimum atomic E-state index is -2.02. The molecule has 0 bridgehead atoms. The van der Waals surface area contributed by atoms with E-state index in [9.17, 15) is 22.4 Å². The number of rotatable bonds is 5. The lowest BCUT2D eigenvalue weighted by atomic mass is 10.1. The van der Waals surface area contributed by atoms with Crippen molar-refractivity contribution in [2.75, 3.05) is 6.54 Å². The Balaban J connectivity index is 2.00.